The molecule has 9 nitrogen and oxygen atoms in total. The van der Waals surface area contributed by atoms with Gasteiger partial charge < -0.3 is 39.0 Å². The molecule has 1 heterocycles. The van der Waals surface area contributed by atoms with Crippen LogP contribution in [-0.4, -0.2) is 72.8 Å². The van der Waals surface area contributed by atoms with E-state index in [9.17, 15) is 20.1 Å². The quantitative estimate of drug-likeness (QED) is 0.465. The van der Waals surface area contributed by atoms with Crippen molar-refractivity contribution in [3.63, 3.8) is 0 Å². The van der Waals surface area contributed by atoms with Crippen LogP contribution in [0.2, 0.25) is 10.0 Å². The van der Waals surface area contributed by atoms with Crippen molar-refractivity contribution in [3.05, 3.63) is 57.6 Å². The summed E-state index contributed by atoms with van der Waals surface area (Å²) < 4.78 is 26.7. The molecule has 2 aromatic carbocycles. The van der Waals surface area contributed by atoms with E-state index in [1.54, 1.807) is 0 Å². The largest absolute Gasteiger partial charge is 0.494 e. The van der Waals surface area contributed by atoms with E-state index in [1.807, 2.05) is 30.3 Å². The highest BCUT2D eigenvalue weighted by atomic mass is 35.5. The first-order valence-electron chi connectivity index (χ1n) is 9.91. The molecule has 0 bridgehead atoms. The van der Waals surface area contributed by atoms with Crippen LogP contribution in [0.4, 0.5) is 0 Å². The van der Waals surface area contributed by atoms with E-state index in [-0.39, 0.29) is 33.7 Å². The maximum Gasteiger partial charge on any atom is 0.342 e. The van der Waals surface area contributed by atoms with Gasteiger partial charge in [-0.3, -0.25) is 0 Å². The maximum atomic E-state index is 12.9. The first kappa shape index (κ1) is 25.5. The number of aliphatic hydroxyl groups is 3. The van der Waals surface area contributed by atoms with Crippen LogP contribution < -0.4 is 9.47 Å². The number of halogens is 2. The van der Waals surface area contributed by atoms with E-state index in [2.05, 4.69) is 0 Å². The smallest absolute Gasteiger partial charge is 0.342 e. The lowest BCUT2D eigenvalue weighted by molar-refractivity contribution is -0.289. The Hall–Kier alpha value is -2.11. The molecule has 1 fully saturated rings. The molecule has 1 aliphatic rings. The van der Waals surface area contributed by atoms with Gasteiger partial charge in [0.05, 0.1) is 18.7 Å². The minimum atomic E-state index is -1.66. The highest BCUT2D eigenvalue weighted by molar-refractivity contribution is 6.38. The monoisotopic (exact) mass is 502 g/mol. The SMILES string of the molecule is COc1c(C(=O)O[C@@H]2[C@@H](OC)[C@@H](O)[C@@H](CO)O[C@@H]2O)cc(Cl)c(OCc2ccccc2)c1Cl. The Labute approximate surface area is 200 Å². The van der Waals surface area contributed by atoms with Gasteiger partial charge in [-0.25, -0.2) is 4.79 Å². The zero-order valence-corrected chi connectivity index (χ0v) is 19.3. The number of ether oxygens (including phenoxy) is 5. The maximum absolute atomic E-state index is 12.9. The van der Waals surface area contributed by atoms with Crippen molar-refractivity contribution in [1.29, 1.82) is 0 Å². The van der Waals surface area contributed by atoms with Crippen molar-refractivity contribution in [1.82, 2.24) is 0 Å². The lowest BCUT2D eigenvalue weighted by Crippen LogP contribution is -2.60. The number of methoxy groups -OCH3 is 2. The molecular weight excluding hydrogens is 479 g/mol. The zero-order chi connectivity index (χ0) is 24.1. The molecule has 33 heavy (non-hydrogen) atoms. The Morgan fingerprint density at radius 1 is 1.09 bits per heavy atom. The van der Waals surface area contributed by atoms with E-state index >= 15 is 0 Å². The second-order valence-electron chi connectivity index (χ2n) is 7.17. The molecule has 2 aromatic rings. The second kappa shape index (κ2) is 11.3. The number of carbonyl (C=O) groups excluding carboxylic acids is 1. The number of hydrogen-bond acceptors (Lipinski definition) is 9. The molecule has 0 amide bonds. The number of carbonyl (C=O) groups is 1. The zero-order valence-electron chi connectivity index (χ0n) is 17.8. The molecule has 3 rings (SSSR count). The molecular formula is C22H24Cl2O9. The first-order chi connectivity index (χ1) is 15.8. The van der Waals surface area contributed by atoms with Crippen molar-refractivity contribution in [2.24, 2.45) is 0 Å². The molecule has 1 aliphatic heterocycles. The van der Waals surface area contributed by atoms with Crippen LogP contribution in [0.25, 0.3) is 0 Å². The van der Waals surface area contributed by atoms with Gasteiger partial charge in [0.15, 0.2) is 23.9 Å². The van der Waals surface area contributed by atoms with Crippen molar-refractivity contribution < 1.29 is 43.8 Å². The van der Waals surface area contributed by atoms with Gasteiger partial charge in [-0.05, 0) is 11.6 Å². The summed E-state index contributed by atoms with van der Waals surface area (Å²) in [6.07, 6.45) is -6.70. The Morgan fingerprint density at radius 3 is 2.39 bits per heavy atom. The average molecular weight is 503 g/mol. The lowest BCUT2D eigenvalue weighted by atomic mass is 9.99. The van der Waals surface area contributed by atoms with Gasteiger partial charge >= 0.3 is 5.97 Å². The van der Waals surface area contributed by atoms with Gasteiger partial charge in [-0.2, -0.15) is 0 Å². The van der Waals surface area contributed by atoms with E-state index in [0.717, 1.165) is 5.56 Å². The van der Waals surface area contributed by atoms with Gasteiger partial charge in [0.1, 0.15) is 35.5 Å². The van der Waals surface area contributed by atoms with Gasteiger partial charge in [0.25, 0.3) is 0 Å². The van der Waals surface area contributed by atoms with Crippen LogP contribution in [0.3, 0.4) is 0 Å². The third-order valence-corrected chi connectivity index (χ3v) is 5.74. The first-order valence-corrected chi connectivity index (χ1v) is 10.7. The van der Waals surface area contributed by atoms with E-state index in [0.29, 0.717) is 0 Å². The van der Waals surface area contributed by atoms with Crippen LogP contribution in [0.1, 0.15) is 15.9 Å². The van der Waals surface area contributed by atoms with Gasteiger partial charge in [-0.15, -0.1) is 0 Å². The second-order valence-corrected chi connectivity index (χ2v) is 7.95. The Bertz CT molecular complexity index is 957. The number of aliphatic hydroxyl groups excluding tert-OH is 3. The number of benzene rings is 2. The molecule has 0 radical (unpaired) electrons. The summed E-state index contributed by atoms with van der Waals surface area (Å²) in [6, 6.07) is 10.6. The van der Waals surface area contributed by atoms with Crippen molar-refractivity contribution >= 4 is 29.2 Å². The molecule has 0 saturated carbocycles. The Balaban J connectivity index is 1.84. The number of esters is 1. The minimum absolute atomic E-state index is 0.0350. The molecule has 11 heteroatoms. The number of hydrogen-bond donors (Lipinski definition) is 3. The molecule has 0 aromatic heterocycles. The fourth-order valence-corrected chi connectivity index (χ4v) is 4.08. The molecule has 0 aliphatic carbocycles. The minimum Gasteiger partial charge on any atom is -0.494 e. The fraction of sp³-hybridized carbons (Fsp3) is 0.409. The normalized spacial score (nSPS) is 24.9. The van der Waals surface area contributed by atoms with Crippen molar-refractivity contribution in [2.45, 2.75) is 37.3 Å². The topological polar surface area (TPSA) is 124 Å². The molecule has 0 unspecified atom stereocenters. The predicted octanol–water partition coefficient (Wildman–Crippen LogP) is 2.19. The van der Waals surface area contributed by atoms with Crippen molar-refractivity contribution in [3.8, 4) is 11.5 Å². The fourth-order valence-electron chi connectivity index (χ4n) is 3.44. The van der Waals surface area contributed by atoms with Crippen LogP contribution >= 0.6 is 23.2 Å². The summed E-state index contributed by atoms with van der Waals surface area (Å²) in [5.41, 5.74) is 0.740. The third-order valence-electron chi connectivity index (χ3n) is 5.11. The molecule has 0 spiro atoms. The predicted molar refractivity (Wildman–Crippen MR) is 118 cm³/mol. The van der Waals surface area contributed by atoms with Crippen LogP contribution in [0, 0.1) is 0 Å². The summed E-state index contributed by atoms with van der Waals surface area (Å²) in [5, 5.41) is 29.8. The Morgan fingerprint density at radius 2 is 1.79 bits per heavy atom. The van der Waals surface area contributed by atoms with Crippen LogP contribution in [0.5, 0.6) is 11.5 Å². The highest BCUT2D eigenvalue weighted by Gasteiger charge is 2.47. The average Bonchev–Trinajstić information content (AvgIpc) is 2.81. The summed E-state index contributed by atoms with van der Waals surface area (Å²) in [7, 11) is 2.56. The van der Waals surface area contributed by atoms with Crippen molar-refractivity contribution in [2.75, 3.05) is 20.8 Å². The lowest BCUT2D eigenvalue weighted by Gasteiger charge is -2.41. The molecule has 5 atom stereocenters. The van der Waals surface area contributed by atoms with Gasteiger partial charge in [-0.1, -0.05) is 53.5 Å². The summed E-state index contributed by atoms with van der Waals surface area (Å²) in [6.45, 7) is -0.388. The highest BCUT2D eigenvalue weighted by Crippen LogP contribution is 2.43. The molecule has 3 N–H and O–H groups in total. The third kappa shape index (κ3) is 5.52. The van der Waals surface area contributed by atoms with Gasteiger partial charge in [0.2, 0.25) is 0 Å². The standard InChI is InChI=1S/C22H24Cl2O9/c1-29-17-12(8-13(23)18(15(17)24)31-10-11-6-4-3-5-7-11)21(27)33-20-19(30-2)16(26)14(9-25)32-22(20)28/h3-8,14,16,19-20,22,25-26,28H,9-10H2,1-2H3/t14-,16+,19+,20-,22+/m1/s1. The summed E-state index contributed by atoms with van der Waals surface area (Å²) in [5.74, 6) is -0.898. The van der Waals surface area contributed by atoms with E-state index in [1.165, 1.54) is 20.3 Å². The molecule has 180 valence electrons. The van der Waals surface area contributed by atoms with Gasteiger partial charge in [0, 0.05) is 7.11 Å². The number of rotatable bonds is 8. The van der Waals surface area contributed by atoms with E-state index in [4.69, 9.17) is 46.9 Å². The van der Waals surface area contributed by atoms with Crippen LogP contribution in [-0.2, 0) is 20.8 Å². The molecule has 1 saturated heterocycles. The van der Waals surface area contributed by atoms with Crippen LogP contribution in [0.15, 0.2) is 36.4 Å². The summed E-state index contributed by atoms with van der Waals surface area (Å²) >= 11 is 12.7. The van der Waals surface area contributed by atoms with E-state index < -0.39 is 43.3 Å². The summed E-state index contributed by atoms with van der Waals surface area (Å²) in [4.78, 5) is 12.9. The Kier molecular flexibility index (Phi) is 8.77.